The molecule has 18 heavy (non-hydrogen) atoms. The molecule has 0 spiro atoms. The molecule has 0 radical (unpaired) electrons. The molecule has 2 heteroatoms. The largest absolute Gasteiger partial charge is 0.287 e. The summed E-state index contributed by atoms with van der Waals surface area (Å²) in [7, 11) is 4.03. The lowest BCUT2D eigenvalue weighted by Gasteiger charge is -2.34. The zero-order valence-corrected chi connectivity index (χ0v) is 11.6. The van der Waals surface area contributed by atoms with Crippen molar-refractivity contribution in [2.75, 3.05) is 14.1 Å². The zero-order chi connectivity index (χ0) is 13.0. The molecule has 1 unspecified atom stereocenters. The summed E-state index contributed by atoms with van der Waals surface area (Å²) < 4.78 is 0. The lowest BCUT2D eigenvalue weighted by molar-refractivity contribution is 0.249. The summed E-state index contributed by atoms with van der Waals surface area (Å²) in [5.74, 6) is 0. The Balaban J connectivity index is 2.34. The molecule has 0 aliphatic carbocycles. The maximum atomic E-state index is 6.86. The lowest BCUT2D eigenvalue weighted by atomic mass is 9.97. The van der Waals surface area contributed by atoms with Gasteiger partial charge >= 0.3 is 0 Å². The average molecular weight is 260 g/mol. The minimum atomic E-state index is -0.497. The van der Waals surface area contributed by atoms with Crippen molar-refractivity contribution in [3.8, 4) is 0 Å². The maximum Gasteiger partial charge on any atom is 0.125 e. The molecular weight excluding hydrogens is 242 g/mol. The Kier molecular flexibility index (Phi) is 4.05. The monoisotopic (exact) mass is 259 g/mol. The zero-order valence-electron chi connectivity index (χ0n) is 10.8. The number of benzene rings is 2. The van der Waals surface area contributed by atoms with E-state index in [0.29, 0.717) is 0 Å². The summed E-state index contributed by atoms with van der Waals surface area (Å²) in [4.78, 5) is 1.57. The number of hydrogen-bond donors (Lipinski definition) is 0. The molecule has 0 amide bonds. The van der Waals surface area contributed by atoms with Gasteiger partial charge in [0, 0.05) is 6.42 Å². The molecule has 0 aliphatic heterocycles. The SMILES string of the molecule is CN(C)C(Cl)(Cc1ccccc1)c1ccccc1. The van der Waals surface area contributed by atoms with Crippen molar-refractivity contribution < 1.29 is 0 Å². The van der Waals surface area contributed by atoms with E-state index < -0.39 is 5.00 Å². The van der Waals surface area contributed by atoms with Gasteiger partial charge in [0.15, 0.2) is 0 Å². The number of nitrogens with zero attached hydrogens (tertiary/aromatic N) is 1. The predicted molar refractivity (Wildman–Crippen MR) is 77.8 cm³/mol. The smallest absolute Gasteiger partial charge is 0.125 e. The summed E-state index contributed by atoms with van der Waals surface area (Å²) in [6.45, 7) is 0. The third kappa shape index (κ3) is 2.74. The predicted octanol–water partition coefficient (Wildman–Crippen LogP) is 3.88. The Hall–Kier alpha value is -1.31. The minimum Gasteiger partial charge on any atom is -0.287 e. The summed E-state index contributed by atoms with van der Waals surface area (Å²) in [6, 6.07) is 20.6. The van der Waals surface area contributed by atoms with Crippen molar-refractivity contribution in [1.29, 1.82) is 0 Å². The minimum absolute atomic E-state index is 0.497. The third-order valence-electron chi connectivity index (χ3n) is 3.21. The Morgan fingerprint density at radius 3 is 1.89 bits per heavy atom. The van der Waals surface area contributed by atoms with Crippen LogP contribution in [-0.2, 0) is 11.4 Å². The number of alkyl halides is 1. The second kappa shape index (κ2) is 5.55. The van der Waals surface area contributed by atoms with Crippen LogP contribution in [0, 0.1) is 0 Å². The van der Waals surface area contributed by atoms with Crippen LogP contribution in [0.15, 0.2) is 60.7 Å². The molecule has 2 rings (SSSR count). The van der Waals surface area contributed by atoms with Gasteiger partial charge in [0.05, 0.1) is 0 Å². The van der Waals surface area contributed by atoms with Gasteiger partial charge in [-0.3, -0.25) is 4.90 Å². The number of likely N-dealkylation sites (N-methyl/N-ethyl adjacent to an activating group) is 1. The van der Waals surface area contributed by atoms with Gasteiger partial charge in [-0.25, -0.2) is 0 Å². The van der Waals surface area contributed by atoms with E-state index in [1.165, 1.54) is 5.56 Å². The molecule has 2 aromatic carbocycles. The maximum absolute atomic E-state index is 6.86. The van der Waals surface area contributed by atoms with Crippen LogP contribution in [0.3, 0.4) is 0 Å². The average Bonchev–Trinajstić information content (AvgIpc) is 2.40. The number of rotatable bonds is 4. The van der Waals surface area contributed by atoms with E-state index >= 15 is 0 Å². The van der Waals surface area contributed by atoms with Crippen molar-refractivity contribution in [3.63, 3.8) is 0 Å². The fourth-order valence-corrected chi connectivity index (χ4v) is 2.36. The van der Waals surface area contributed by atoms with Crippen LogP contribution in [0.5, 0.6) is 0 Å². The third-order valence-corrected chi connectivity index (χ3v) is 3.90. The van der Waals surface area contributed by atoms with E-state index in [2.05, 4.69) is 29.2 Å². The summed E-state index contributed by atoms with van der Waals surface area (Å²) >= 11 is 6.86. The standard InChI is InChI=1S/C16H18ClN/c1-18(2)16(17,15-11-7-4-8-12-15)13-14-9-5-3-6-10-14/h3-12H,13H2,1-2H3. The van der Waals surface area contributed by atoms with Crippen LogP contribution >= 0.6 is 11.6 Å². The second-order valence-electron chi connectivity index (χ2n) is 4.68. The number of halogens is 1. The van der Waals surface area contributed by atoms with E-state index in [1.54, 1.807) is 0 Å². The van der Waals surface area contributed by atoms with Gasteiger partial charge in [0.25, 0.3) is 0 Å². The fourth-order valence-electron chi connectivity index (χ4n) is 2.08. The van der Waals surface area contributed by atoms with Crippen molar-refractivity contribution in [2.45, 2.75) is 11.4 Å². The second-order valence-corrected chi connectivity index (χ2v) is 5.31. The number of hydrogen-bond acceptors (Lipinski definition) is 1. The first-order valence-corrected chi connectivity index (χ1v) is 6.46. The van der Waals surface area contributed by atoms with Gasteiger partial charge in [0.1, 0.15) is 5.00 Å². The Morgan fingerprint density at radius 1 is 0.889 bits per heavy atom. The van der Waals surface area contributed by atoms with Gasteiger partial charge in [-0.15, -0.1) is 0 Å². The molecular formula is C16H18ClN. The first kappa shape index (κ1) is 13.1. The van der Waals surface area contributed by atoms with Gasteiger partial charge in [-0.2, -0.15) is 0 Å². The van der Waals surface area contributed by atoms with E-state index in [9.17, 15) is 0 Å². The van der Waals surface area contributed by atoms with Crippen molar-refractivity contribution in [3.05, 3.63) is 71.8 Å². The molecule has 0 heterocycles. The molecule has 0 bridgehead atoms. The Bertz CT molecular complexity index is 481. The van der Waals surface area contributed by atoms with E-state index in [1.807, 2.05) is 50.5 Å². The fraction of sp³-hybridized carbons (Fsp3) is 0.250. The molecule has 1 nitrogen and oxygen atoms in total. The van der Waals surface area contributed by atoms with Crippen LogP contribution in [0.4, 0.5) is 0 Å². The quantitative estimate of drug-likeness (QED) is 0.595. The normalized spacial score (nSPS) is 14.4. The van der Waals surface area contributed by atoms with Crippen molar-refractivity contribution in [1.82, 2.24) is 4.90 Å². The first-order chi connectivity index (χ1) is 8.63. The van der Waals surface area contributed by atoms with Crippen LogP contribution in [-0.4, -0.2) is 19.0 Å². The van der Waals surface area contributed by atoms with Gasteiger partial charge in [-0.05, 0) is 25.2 Å². The highest BCUT2D eigenvalue weighted by molar-refractivity contribution is 6.23. The molecule has 0 aromatic heterocycles. The van der Waals surface area contributed by atoms with Crippen LogP contribution in [0.1, 0.15) is 11.1 Å². The lowest BCUT2D eigenvalue weighted by Crippen LogP contribution is -2.38. The van der Waals surface area contributed by atoms with Gasteiger partial charge < -0.3 is 0 Å². The molecule has 94 valence electrons. The molecule has 0 saturated heterocycles. The highest BCUT2D eigenvalue weighted by Crippen LogP contribution is 2.34. The molecule has 0 N–H and O–H groups in total. The van der Waals surface area contributed by atoms with E-state index in [-0.39, 0.29) is 0 Å². The van der Waals surface area contributed by atoms with E-state index in [0.717, 1.165) is 12.0 Å². The first-order valence-electron chi connectivity index (χ1n) is 6.09. The summed E-state index contributed by atoms with van der Waals surface area (Å²) in [6.07, 6.45) is 0.784. The van der Waals surface area contributed by atoms with Crippen molar-refractivity contribution >= 4 is 11.6 Å². The van der Waals surface area contributed by atoms with Crippen LogP contribution in [0.2, 0.25) is 0 Å². The van der Waals surface area contributed by atoms with Crippen LogP contribution < -0.4 is 0 Å². The molecule has 0 aliphatic rings. The highest BCUT2D eigenvalue weighted by Gasteiger charge is 2.32. The Morgan fingerprint density at radius 2 is 1.39 bits per heavy atom. The summed E-state index contributed by atoms with van der Waals surface area (Å²) in [5, 5.41) is 0. The Labute approximate surface area is 114 Å². The molecule has 2 aromatic rings. The molecule has 0 saturated carbocycles. The summed E-state index contributed by atoms with van der Waals surface area (Å²) in [5.41, 5.74) is 2.37. The molecule has 0 fully saturated rings. The van der Waals surface area contributed by atoms with Gasteiger partial charge in [0.2, 0.25) is 0 Å². The topological polar surface area (TPSA) is 3.24 Å². The van der Waals surface area contributed by atoms with Crippen LogP contribution in [0.25, 0.3) is 0 Å². The highest BCUT2D eigenvalue weighted by atomic mass is 35.5. The van der Waals surface area contributed by atoms with Gasteiger partial charge in [-0.1, -0.05) is 72.3 Å². The van der Waals surface area contributed by atoms with E-state index in [4.69, 9.17) is 11.6 Å². The van der Waals surface area contributed by atoms with Crippen molar-refractivity contribution in [2.24, 2.45) is 0 Å². The molecule has 1 atom stereocenters.